The molecule has 1 heterocycles. The molecule has 0 fully saturated rings. The number of aryl methyl sites for hydroxylation is 1. The third-order valence-electron chi connectivity index (χ3n) is 5.19. The third kappa shape index (κ3) is 3.76. The van der Waals surface area contributed by atoms with E-state index in [-0.39, 0.29) is 6.54 Å². The normalized spacial score (nSPS) is 11.7. The Morgan fingerprint density at radius 3 is 2.47 bits per heavy atom. The zero-order valence-corrected chi connectivity index (χ0v) is 17.8. The summed E-state index contributed by atoms with van der Waals surface area (Å²) in [6.45, 7) is 3.43. The fraction of sp³-hybridized carbons (Fsp3) is 0.174. The number of rotatable bonds is 5. The number of amides is 1. The molecule has 6 nitrogen and oxygen atoms in total. The van der Waals surface area contributed by atoms with Gasteiger partial charge >= 0.3 is 0 Å². The first-order chi connectivity index (χ1) is 14.2. The molecule has 0 aliphatic heterocycles. The molecule has 0 radical (unpaired) electrons. The van der Waals surface area contributed by atoms with Crippen molar-refractivity contribution in [1.82, 2.24) is 0 Å². The molecule has 1 amide bonds. The third-order valence-corrected chi connectivity index (χ3v) is 6.32. The Morgan fingerprint density at radius 1 is 0.967 bits per heavy atom. The molecule has 1 N–H and O–H groups in total. The predicted molar refractivity (Wildman–Crippen MR) is 120 cm³/mol. The topological polar surface area (TPSA) is 79.6 Å². The second-order valence-electron chi connectivity index (χ2n) is 7.35. The number of para-hydroxylation sites is 1. The Balaban J connectivity index is 1.60. The monoisotopic (exact) mass is 422 g/mol. The van der Waals surface area contributed by atoms with Gasteiger partial charge in [-0.1, -0.05) is 30.3 Å². The van der Waals surface area contributed by atoms with Crippen LogP contribution >= 0.6 is 0 Å². The van der Waals surface area contributed by atoms with Crippen LogP contribution in [0.15, 0.2) is 65.1 Å². The Morgan fingerprint density at radius 2 is 1.70 bits per heavy atom. The van der Waals surface area contributed by atoms with E-state index in [4.69, 9.17) is 4.42 Å². The standard InChI is InChI=1S/C23H22N2O4S/c1-15-7-6-9-20(16(15)2)25(30(3,27)28)14-23(26)24-17-11-12-19-18-8-4-5-10-21(18)29-22(19)13-17/h4-13H,14H2,1-3H3,(H,24,26). The fourth-order valence-corrected chi connectivity index (χ4v) is 4.43. The van der Waals surface area contributed by atoms with Gasteiger partial charge in [0.25, 0.3) is 0 Å². The number of anilines is 2. The number of hydrogen-bond donors (Lipinski definition) is 1. The van der Waals surface area contributed by atoms with Gasteiger partial charge in [-0.2, -0.15) is 0 Å². The second kappa shape index (κ2) is 7.50. The van der Waals surface area contributed by atoms with Crippen molar-refractivity contribution in [3.63, 3.8) is 0 Å². The molecule has 0 aliphatic rings. The molecule has 4 rings (SSSR count). The largest absolute Gasteiger partial charge is 0.456 e. The summed E-state index contributed by atoms with van der Waals surface area (Å²) in [5.41, 5.74) is 4.25. The second-order valence-corrected chi connectivity index (χ2v) is 9.25. The lowest BCUT2D eigenvalue weighted by atomic mass is 10.1. The molecule has 4 aromatic rings. The number of furan rings is 1. The van der Waals surface area contributed by atoms with E-state index in [0.717, 1.165) is 38.0 Å². The fourth-order valence-electron chi connectivity index (χ4n) is 3.52. The van der Waals surface area contributed by atoms with Crippen LogP contribution in [-0.4, -0.2) is 27.1 Å². The van der Waals surface area contributed by atoms with Crippen LogP contribution in [0.5, 0.6) is 0 Å². The van der Waals surface area contributed by atoms with Crippen molar-refractivity contribution in [3.8, 4) is 0 Å². The van der Waals surface area contributed by atoms with Crippen LogP contribution in [0.2, 0.25) is 0 Å². The van der Waals surface area contributed by atoms with Gasteiger partial charge in [-0.3, -0.25) is 9.10 Å². The highest BCUT2D eigenvalue weighted by Crippen LogP contribution is 2.30. The van der Waals surface area contributed by atoms with Crippen LogP contribution in [0.25, 0.3) is 21.9 Å². The van der Waals surface area contributed by atoms with Crippen molar-refractivity contribution in [2.24, 2.45) is 0 Å². The van der Waals surface area contributed by atoms with Gasteiger partial charge in [0.05, 0.1) is 11.9 Å². The predicted octanol–water partition coefficient (Wildman–Crippen LogP) is 4.61. The quantitative estimate of drug-likeness (QED) is 0.509. The van der Waals surface area contributed by atoms with E-state index in [1.165, 1.54) is 0 Å². The maximum Gasteiger partial charge on any atom is 0.245 e. The van der Waals surface area contributed by atoms with E-state index in [0.29, 0.717) is 17.0 Å². The van der Waals surface area contributed by atoms with Crippen molar-refractivity contribution >= 4 is 49.2 Å². The van der Waals surface area contributed by atoms with E-state index < -0.39 is 15.9 Å². The van der Waals surface area contributed by atoms with Crippen molar-refractivity contribution in [3.05, 3.63) is 71.8 Å². The first kappa shape index (κ1) is 20.0. The van der Waals surface area contributed by atoms with Gasteiger partial charge in [0.1, 0.15) is 17.7 Å². The number of benzene rings is 3. The molecule has 3 aromatic carbocycles. The lowest BCUT2D eigenvalue weighted by molar-refractivity contribution is -0.114. The first-order valence-corrected chi connectivity index (χ1v) is 11.3. The summed E-state index contributed by atoms with van der Waals surface area (Å²) in [6, 6.07) is 18.5. The van der Waals surface area contributed by atoms with E-state index in [9.17, 15) is 13.2 Å². The summed E-state index contributed by atoms with van der Waals surface area (Å²) in [6.07, 6.45) is 1.10. The molecule has 0 saturated heterocycles. The first-order valence-electron chi connectivity index (χ1n) is 9.49. The van der Waals surface area contributed by atoms with Crippen molar-refractivity contribution < 1.29 is 17.6 Å². The SMILES string of the molecule is Cc1cccc(N(CC(=O)Nc2ccc3c(c2)oc2ccccc23)S(C)(=O)=O)c1C. The number of hydrogen-bond acceptors (Lipinski definition) is 4. The molecule has 0 unspecified atom stereocenters. The van der Waals surface area contributed by atoms with Gasteiger partial charge in [0.15, 0.2) is 0 Å². The molecule has 7 heteroatoms. The van der Waals surface area contributed by atoms with Crippen LogP contribution in [-0.2, 0) is 14.8 Å². The highest BCUT2D eigenvalue weighted by atomic mass is 32.2. The van der Waals surface area contributed by atoms with Gasteiger partial charge in [-0.15, -0.1) is 0 Å². The lowest BCUT2D eigenvalue weighted by Gasteiger charge is -2.24. The van der Waals surface area contributed by atoms with Gasteiger partial charge < -0.3 is 9.73 Å². The molecule has 1 aromatic heterocycles. The number of carbonyl (C=O) groups is 1. The van der Waals surface area contributed by atoms with Gasteiger partial charge in [0, 0.05) is 22.5 Å². The zero-order valence-electron chi connectivity index (χ0n) is 17.0. The Bertz CT molecular complexity index is 1370. The average Bonchev–Trinajstić information content (AvgIpc) is 3.05. The van der Waals surface area contributed by atoms with Crippen molar-refractivity contribution in [2.75, 3.05) is 22.4 Å². The van der Waals surface area contributed by atoms with Crippen LogP contribution in [0, 0.1) is 13.8 Å². The minimum Gasteiger partial charge on any atom is -0.456 e. The Labute approximate surface area is 175 Å². The summed E-state index contributed by atoms with van der Waals surface area (Å²) in [4.78, 5) is 12.7. The van der Waals surface area contributed by atoms with Crippen molar-refractivity contribution in [2.45, 2.75) is 13.8 Å². The molecular weight excluding hydrogens is 400 g/mol. The number of nitrogens with zero attached hydrogens (tertiary/aromatic N) is 1. The molecule has 154 valence electrons. The van der Waals surface area contributed by atoms with Crippen LogP contribution in [0.4, 0.5) is 11.4 Å². The number of sulfonamides is 1. The van der Waals surface area contributed by atoms with Gasteiger partial charge in [-0.05, 0) is 49.2 Å². The average molecular weight is 423 g/mol. The Hall–Kier alpha value is -3.32. The molecule has 0 aliphatic carbocycles. The van der Waals surface area contributed by atoms with Crippen LogP contribution in [0.3, 0.4) is 0 Å². The number of fused-ring (bicyclic) bond motifs is 3. The van der Waals surface area contributed by atoms with Crippen LogP contribution < -0.4 is 9.62 Å². The molecule has 30 heavy (non-hydrogen) atoms. The van der Waals surface area contributed by atoms with Gasteiger partial charge in [0.2, 0.25) is 15.9 Å². The highest BCUT2D eigenvalue weighted by Gasteiger charge is 2.23. The smallest absolute Gasteiger partial charge is 0.245 e. The summed E-state index contributed by atoms with van der Waals surface area (Å²) < 4.78 is 31.8. The highest BCUT2D eigenvalue weighted by molar-refractivity contribution is 7.92. The summed E-state index contributed by atoms with van der Waals surface area (Å²) in [5, 5.41) is 4.74. The molecular formula is C23H22N2O4S. The molecule has 0 spiro atoms. The number of carbonyl (C=O) groups excluding carboxylic acids is 1. The van der Waals surface area contributed by atoms with E-state index in [1.807, 2.05) is 50.2 Å². The zero-order chi connectivity index (χ0) is 21.5. The molecule has 0 atom stereocenters. The van der Waals surface area contributed by atoms with Crippen molar-refractivity contribution in [1.29, 1.82) is 0 Å². The lowest BCUT2D eigenvalue weighted by Crippen LogP contribution is -2.38. The molecule has 0 saturated carbocycles. The summed E-state index contributed by atoms with van der Waals surface area (Å²) >= 11 is 0. The summed E-state index contributed by atoms with van der Waals surface area (Å²) in [5.74, 6) is -0.434. The van der Waals surface area contributed by atoms with E-state index in [2.05, 4.69) is 5.32 Å². The number of nitrogens with one attached hydrogen (secondary N) is 1. The minimum absolute atomic E-state index is 0.318. The Kier molecular flexibility index (Phi) is 4.99. The van der Waals surface area contributed by atoms with Gasteiger partial charge in [-0.25, -0.2) is 8.42 Å². The maximum absolute atomic E-state index is 12.7. The molecule has 0 bridgehead atoms. The minimum atomic E-state index is -3.64. The summed E-state index contributed by atoms with van der Waals surface area (Å²) in [7, 11) is -3.64. The van der Waals surface area contributed by atoms with E-state index >= 15 is 0 Å². The van der Waals surface area contributed by atoms with Crippen LogP contribution in [0.1, 0.15) is 11.1 Å². The van der Waals surface area contributed by atoms with E-state index in [1.54, 1.807) is 24.3 Å². The maximum atomic E-state index is 12.7.